The van der Waals surface area contributed by atoms with Crippen LogP contribution in [-0.2, 0) is 47.6 Å². The number of halogens is 1. The molecule has 0 N–H and O–H groups in total. The minimum absolute atomic E-state index is 0.0987. The molecule has 2 aromatic heterocycles. The highest BCUT2D eigenvalue weighted by molar-refractivity contribution is 9.10. The summed E-state index contributed by atoms with van der Waals surface area (Å²) in [5.74, 6) is 0. The second-order valence-electron chi connectivity index (χ2n) is 23.1. The van der Waals surface area contributed by atoms with Gasteiger partial charge < -0.3 is 37.1 Å². The summed E-state index contributed by atoms with van der Waals surface area (Å²) < 4.78 is 89.5. The van der Waals surface area contributed by atoms with Gasteiger partial charge in [0.25, 0.3) is 0 Å². The van der Waals surface area contributed by atoms with Crippen LogP contribution in [-0.4, -0.2) is 104 Å². The SMILES string of the molecule is CC1(C)OB(B2OC(C)(C)C(C)(C)O2)OC1(C)C.[C-]#[N+]c1cc2c(B3OC(C)(C)C(C)(C)O3)cn([C@@H]3CC[C@@H](S(C)(=O)=O)C3)c2cc1C.[C-]#[N+]c1cc2c(Br)cn([C@@H]3CC[C@@H](S(C)(=O)=O)C3)c2cc1C. The van der Waals surface area contributed by atoms with E-state index in [0.717, 1.165) is 62.1 Å². The third-order valence-electron chi connectivity index (χ3n) is 16.5. The van der Waals surface area contributed by atoms with Crippen molar-refractivity contribution in [2.24, 2.45) is 0 Å². The molecule has 3 saturated heterocycles. The van der Waals surface area contributed by atoms with E-state index in [1.54, 1.807) is 0 Å². The van der Waals surface area contributed by atoms with E-state index >= 15 is 0 Å². The largest absolute Gasteiger partial charge is 0.496 e. The Labute approximate surface area is 426 Å². The van der Waals surface area contributed by atoms with Gasteiger partial charge in [0.1, 0.15) is 19.7 Å². The molecule has 0 spiro atoms. The average Bonchev–Trinajstić information content (AvgIpc) is 4.09. The predicted octanol–water partition coefficient (Wildman–Crippen LogP) is 10.6. The molecule has 0 amide bonds. The Balaban J connectivity index is 0.000000161. The van der Waals surface area contributed by atoms with Gasteiger partial charge in [-0.25, -0.2) is 26.5 Å². The van der Waals surface area contributed by atoms with E-state index in [9.17, 15) is 16.8 Å². The molecule has 2 aliphatic carbocycles. The van der Waals surface area contributed by atoms with E-state index in [-0.39, 0.29) is 45.0 Å². The summed E-state index contributed by atoms with van der Waals surface area (Å²) in [7, 11) is -7.52. The van der Waals surface area contributed by atoms with Gasteiger partial charge in [-0.15, -0.1) is 0 Å². The van der Waals surface area contributed by atoms with Gasteiger partial charge >= 0.3 is 21.1 Å². The average molecular weight is 1060 g/mol. The summed E-state index contributed by atoms with van der Waals surface area (Å²) in [4.78, 5) is 7.23. The molecule has 2 aromatic carbocycles. The first-order valence-electron chi connectivity index (χ1n) is 24.2. The highest BCUT2D eigenvalue weighted by atomic mass is 79.9. The number of sulfone groups is 2. The third kappa shape index (κ3) is 10.3. The lowest BCUT2D eigenvalue weighted by atomic mass is 9.49. The van der Waals surface area contributed by atoms with E-state index in [4.69, 9.17) is 41.1 Å². The molecule has 0 radical (unpaired) electrons. The van der Waals surface area contributed by atoms with Crippen molar-refractivity contribution in [3.8, 4) is 0 Å². The second-order valence-corrected chi connectivity index (χ2v) is 28.6. The lowest BCUT2D eigenvalue weighted by Crippen LogP contribution is -2.41. The van der Waals surface area contributed by atoms with Crippen LogP contribution in [0.1, 0.15) is 145 Å². The number of benzene rings is 2. The van der Waals surface area contributed by atoms with Gasteiger partial charge in [0.2, 0.25) is 0 Å². The van der Waals surface area contributed by atoms with Crippen molar-refractivity contribution in [2.75, 3.05) is 12.5 Å². The van der Waals surface area contributed by atoms with Crippen LogP contribution in [0.5, 0.6) is 0 Å². The van der Waals surface area contributed by atoms with Gasteiger partial charge in [-0.1, -0.05) is 0 Å². The predicted molar refractivity (Wildman–Crippen MR) is 284 cm³/mol. The summed E-state index contributed by atoms with van der Waals surface area (Å²) in [6.07, 6.45) is 11.1. The molecule has 3 aliphatic heterocycles. The van der Waals surface area contributed by atoms with Gasteiger partial charge in [0, 0.05) is 63.3 Å². The minimum atomic E-state index is -3.06. The first-order chi connectivity index (χ1) is 32.0. The standard InChI is InChI=1S/C22H29BN2O4S.C16H17BrN2O2S.C12H24B2O4/c1-14-10-20-17(12-19(14)24-6)18(23-28-21(2,3)22(4,5)29-23)13-25(20)15-8-9-16(11-15)30(7,26)27;1-10-6-16-13(8-15(10)18-2)14(17)9-19(16)11-4-5-12(7-11)22(3,20)21;1-9(2)10(3,4)16-13(15-9)14-17-11(5,6)12(7,8)18-14/h10,12-13,15-16H,8-9,11H2,1-5,7H3;6,8-9,11-12H,4-5,7H2,1,3H3;1-8H3/t15-,16-;11-,12-;/m11./s1. The fourth-order valence-corrected chi connectivity index (χ4v) is 12.7. The molecule has 2 saturated carbocycles. The molecule has 5 aliphatic rings. The van der Waals surface area contributed by atoms with Gasteiger partial charge in [-0.2, -0.15) is 0 Å². The Morgan fingerprint density at radius 3 is 1.26 bits per heavy atom. The second kappa shape index (κ2) is 18.6. The van der Waals surface area contributed by atoms with Crippen molar-refractivity contribution >= 4 is 95.4 Å². The van der Waals surface area contributed by atoms with E-state index in [1.807, 2.05) is 127 Å². The van der Waals surface area contributed by atoms with Crippen LogP contribution in [0.4, 0.5) is 11.4 Å². The molecule has 14 nitrogen and oxygen atoms in total. The molecular formula is C50H70B3BrN4O10S2. The molecule has 5 fully saturated rings. The summed E-state index contributed by atoms with van der Waals surface area (Å²) in [5, 5.41) is 1.41. The molecule has 5 heterocycles. The van der Waals surface area contributed by atoms with E-state index in [1.165, 1.54) is 12.5 Å². The Kier molecular flexibility index (Phi) is 14.5. The fourth-order valence-electron chi connectivity index (χ4n) is 9.88. The Morgan fingerprint density at radius 2 is 0.900 bits per heavy atom. The number of aryl methyl sites for hydroxylation is 2. The van der Waals surface area contributed by atoms with Crippen molar-refractivity contribution < 1.29 is 44.8 Å². The van der Waals surface area contributed by atoms with Gasteiger partial charge in [0.15, 0.2) is 11.4 Å². The van der Waals surface area contributed by atoms with Gasteiger partial charge in [-0.3, -0.25) is 0 Å². The van der Waals surface area contributed by atoms with Crippen molar-refractivity contribution in [3.63, 3.8) is 0 Å². The highest BCUT2D eigenvalue weighted by Crippen LogP contribution is 2.45. The molecule has 9 rings (SSSR count). The Hall–Kier alpha value is -3.17. The van der Waals surface area contributed by atoms with Crippen LogP contribution >= 0.6 is 15.9 Å². The monoisotopic (exact) mass is 1060 g/mol. The minimum Gasteiger partial charge on any atom is -0.405 e. The number of hydrogen-bond donors (Lipinski definition) is 0. The number of nitrogens with zero attached hydrogens (tertiary/aromatic N) is 4. The Bertz CT molecular complexity index is 2930. The van der Waals surface area contributed by atoms with Crippen LogP contribution in [0.2, 0.25) is 0 Å². The number of rotatable bonds is 6. The number of aromatic nitrogens is 2. The quantitative estimate of drug-likeness (QED) is 0.135. The molecular weight excluding hydrogens is 993 g/mol. The molecule has 20 heteroatoms. The van der Waals surface area contributed by atoms with Gasteiger partial charge in [-0.05, 0) is 192 Å². The maximum atomic E-state index is 12.1. The zero-order valence-corrected chi connectivity index (χ0v) is 47.0. The lowest BCUT2D eigenvalue weighted by molar-refractivity contribution is 0.00578. The number of hydrogen-bond acceptors (Lipinski definition) is 10. The summed E-state index contributed by atoms with van der Waals surface area (Å²) >= 11 is 3.57. The topological polar surface area (TPSA) is 142 Å². The summed E-state index contributed by atoms with van der Waals surface area (Å²) in [6, 6.07) is 8.18. The molecule has 70 heavy (non-hydrogen) atoms. The van der Waals surface area contributed by atoms with E-state index in [0.29, 0.717) is 30.6 Å². The lowest BCUT2D eigenvalue weighted by Gasteiger charge is -2.32. The number of fused-ring (bicyclic) bond motifs is 2. The van der Waals surface area contributed by atoms with Crippen molar-refractivity contribution in [2.45, 2.75) is 192 Å². The molecule has 4 aromatic rings. The first-order valence-corrected chi connectivity index (χ1v) is 28.9. The van der Waals surface area contributed by atoms with Crippen LogP contribution in [0.15, 0.2) is 41.1 Å². The molecule has 4 atom stereocenters. The molecule has 378 valence electrons. The van der Waals surface area contributed by atoms with Gasteiger partial charge in [0.05, 0.1) is 57.3 Å². The van der Waals surface area contributed by atoms with Crippen LogP contribution in [0.3, 0.4) is 0 Å². The Morgan fingerprint density at radius 1 is 0.557 bits per heavy atom. The van der Waals surface area contributed by atoms with Crippen molar-refractivity contribution in [1.82, 2.24) is 9.13 Å². The van der Waals surface area contributed by atoms with Crippen LogP contribution < -0.4 is 5.46 Å². The maximum absolute atomic E-state index is 12.1. The molecule has 0 bridgehead atoms. The van der Waals surface area contributed by atoms with Crippen molar-refractivity contribution in [3.05, 3.63) is 75.1 Å². The van der Waals surface area contributed by atoms with Crippen LogP contribution in [0.25, 0.3) is 31.5 Å². The fraction of sp³-hybridized carbons (Fsp3) is 0.640. The smallest absolute Gasteiger partial charge is 0.405 e. The normalized spacial score (nSPS) is 26.2. The van der Waals surface area contributed by atoms with Crippen molar-refractivity contribution in [1.29, 1.82) is 0 Å². The first kappa shape index (κ1) is 54.6. The van der Waals surface area contributed by atoms with E-state index < -0.39 is 52.0 Å². The summed E-state index contributed by atoms with van der Waals surface area (Å²) in [5.41, 5.74) is 3.73. The highest BCUT2D eigenvalue weighted by Gasteiger charge is 2.64. The summed E-state index contributed by atoms with van der Waals surface area (Å²) in [6.45, 7) is 42.9. The maximum Gasteiger partial charge on any atom is 0.496 e. The zero-order chi connectivity index (χ0) is 52.1. The molecule has 0 unspecified atom stereocenters. The van der Waals surface area contributed by atoms with Crippen LogP contribution in [0, 0.1) is 27.0 Å². The van der Waals surface area contributed by atoms with E-state index in [2.05, 4.69) is 41.0 Å². The zero-order valence-electron chi connectivity index (χ0n) is 43.8. The third-order valence-corrected chi connectivity index (χ3v) is 20.4.